The molecule has 2 fully saturated rings. The zero-order valence-electron chi connectivity index (χ0n) is 14.4. The zero-order chi connectivity index (χ0) is 17.2. The smallest absolute Gasteiger partial charge is 0.223 e. The van der Waals surface area contributed by atoms with Crippen LogP contribution in [0.25, 0.3) is 0 Å². The fraction of sp³-hybridized carbons (Fsp3) is 0.632. The Morgan fingerprint density at radius 3 is 2.29 bits per heavy atom. The van der Waals surface area contributed by atoms with Crippen molar-refractivity contribution in [2.24, 2.45) is 0 Å². The lowest BCUT2D eigenvalue weighted by atomic mass is 10.0. The van der Waals surface area contributed by atoms with Crippen molar-refractivity contribution in [1.29, 1.82) is 0 Å². The summed E-state index contributed by atoms with van der Waals surface area (Å²) in [6, 6.07) is 10.6. The molecule has 0 N–H and O–H groups in total. The summed E-state index contributed by atoms with van der Waals surface area (Å²) in [5.74, 6) is 0.225. The van der Waals surface area contributed by atoms with E-state index in [9.17, 15) is 13.2 Å². The predicted molar refractivity (Wildman–Crippen MR) is 95.5 cm³/mol. The second-order valence-corrected chi connectivity index (χ2v) is 9.63. The highest BCUT2D eigenvalue weighted by Crippen LogP contribution is 2.38. The average molecular weight is 349 g/mol. The molecule has 1 amide bonds. The van der Waals surface area contributed by atoms with E-state index in [1.165, 1.54) is 11.8 Å². The number of carbonyl (C=O) groups excluding carboxylic acids is 1. The molecule has 5 heteroatoms. The van der Waals surface area contributed by atoms with Crippen molar-refractivity contribution in [3.63, 3.8) is 0 Å². The monoisotopic (exact) mass is 349 g/mol. The molecule has 0 spiro atoms. The third-order valence-electron chi connectivity index (χ3n) is 5.53. The lowest BCUT2D eigenvalue weighted by molar-refractivity contribution is -0.135. The Hall–Kier alpha value is -1.36. The van der Waals surface area contributed by atoms with Crippen molar-refractivity contribution in [3.8, 4) is 0 Å². The van der Waals surface area contributed by atoms with E-state index in [-0.39, 0.29) is 23.2 Å². The predicted octanol–water partition coefficient (Wildman–Crippen LogP) is 2.97. The van der Waals surface area contributed by atoms with Gasteiger partial charge >= 0.3 is 0 Å². The number of hydrogen-bond acceptors (Lipinski definition) is 3. The molecule has 0 radical (unpaired) electrons. The van der Waals surface area contributed by atoms with Crippen LogP contribution in [0.15, 0.2) is 30.3 Å². The van der Waals surface area contributed by atoms with Gasteiger partial charge in [0.2, 0.25) is 5.91 Å². The van der Waals surface area contributed by atoms with Gasteiger partial charge in [-0.25, -0.2) is 8.42 Å². The number of amides is 1. The Morgan fingerprint density at radius 1 is 1.08 bits per heavy atom. The molecule has 4 nitrogen and oxygen atoms in total. The minimum absolute atomic E-state index is 0.144. The first-order valence-electron chi connectivity index (χ1n) is 8.99. The van der Waals surface area contributed by atoms with Crippen molar-refractivity contribution in [2.75, 3.05) is 6.26 Å². The van der Waals surface area contributed by atoms with E-state index in [0.29, 0.717) is 19.3 Å². The van der Waals surface area contributed by atoms with Crippen molar-refractivity contribution in [2.45, 2.75) is 68.7 Å². The summed E-state index contributed by atoms with van der Waals surface area (Å²) in [6.07, 6.45) is 8.04. The van der Waals surface area contributed by atoms with Crippen LogP contribution in [0.2, 0.25) is 0 Å². The lowest BCUT2D eigenvalue weighted by Gasteiger charge is -2.38. The highest BCUT2D eigenvalue weighted by atomic mass is 32.2. The largest absolute Gasteiger partial charge is 0.337 e. The van der Waals surface area contributed by atoms with Crippen molar-refractivity contribution >= 4 is 15.7 Å². The normalized spacial score (nSPS) is 26.5. The molecule has 1 aromatic rings. The molecule has 2 aliphatic rings. The SMILES string of the molecule is CS(=O)(=O)C1CC2CCC(C1)N2C(=O)CCCCc1ccccc1. The molecule has 0 saturated carbocycles. The first kappa shape index (κ1) is 17.5. The van der Waals surface area contributed by atoms with Gasteiger partial charge in [-0.2, -0.15) is 0 Å². The Balaban J connectivity index is 1.48. The first-order chi connectivity index (χ1) is 11.4. The molecule has 2 atom stereocenters. The maximum atomic E-state index is 12.6. The third-order valence-corrected chi connectivity index (χ3v) is 7.13. The Labute approximate surface area is 145 Å². The van der Waals surface area contributed by atoms with Gasteiger partial charge in [-0.3, -0.25) is 4.79 Å². The van der Waals surface area contributed by atoms with E-state index >= 15 is 0 Å². The summed E-state index contributed by atoms with van der Waals surface area (Å²) in [5, 5.41) is -0.253. The van der Waals surface area contributed by atoms with Gasteiger partial charge in [0.05, 0.1) is 5.25 Å². The van der Waals surface area contributed by atoms with Crippen LogP contribution in [-0.2, 0) is 21.1 Å². The number of fused-ring (bicyclic) bond motifs is 2. The third kappa shape index (κ3) is 4.00. The van der Waals surface area contributed by atoms with Crippen molar-refractivity contribution < 1.29 is 13.2 Å². The number of hydrogen-bond donors (Lipinski definition) is 0. The topological polar surface area (TPSA) is 54.5 Å². The van der Waals surface area contributed by atoms with Crippen LogP contribution < -0.4 is 0 Å². The quantitative estimate of drug-likeness (QED) is 0.742. The number of nitrogens with zero attached hydrogens (tertiary/aromatic N) is 1. The molecule has 2 unspecified atom stereocenters. The molecular formula is C19H27NO3S. The summed E-state index contributed by atoms with van der Waals surface area (Å²) < 4.78 is 23.6. The average Bonchev–Trinajstić information content (AvgIpc) is 2.81. The minimum atomic E-state index is -2.99. The molecule has 0 aromatic heterocycles. The maximum absolute atomic E-state index is 12.6. The van der Waals surface area contributed by atoms with Crippen LogP contribution in [0.3, 0.4) is 0 Å². The summed E-state index contributed by atoms with van der Waals surface area (Å²) in [6.45, 7) is 0. The van der Waals surface area contributed by atoms with Crippen LogP contribution in [0.4, 0.5) is 0 Å². The maximum Gasteiger partial charge on any atom is 0.223 e. The summed E-state index contributed by atoms with van der Waals surface area (Å²) in [4.78, 5) is 14.6. The Bertz CT molecular complexity index is 657. The number of unbranched alkanes of at least 4 members (excludes halogenated alkanes) is 1. The van der Waals surface area contributed by atoms with Crippen LogP contribution in [0.1, 0.15) is 50.5 Å². The molecule has 0 aliphatic carbocycles. The molecule has 2 aliphatic heterocycles. The van der Waals surface area contributed by atoms with E-state index in [1.807, 2.05) is 23.1 Å². The number of benzene rings is 1. The highest BCUT2D eigenvalue weighted by molar-refractivity contribution is 7.91. The zero-order valence-corrected chi connectivity index (χ0v) is 15.2. The van der Waals surface area contributed by atoms with Crippen molar-refractivity contribution in [1.82, 2.24) is 4.90 Å². The van der Waals surface area contributed by atoms with Crippen LogP contribution in [0.5, 0.6) is 0 Å². The minimum Gasteiger partial charge on any atom is -0.337 e. The lowest BCUT2D eigenvalue weighted by Crippen LogP contribution is -2.49. The van der Waals surface area contributed by atoms with Gasteiger partial charge in [0.25, 0.3) is 0 Å². The molecule has 2 heterocycles. The van der Waals surface area contributed by atoms with Gasteiger partial charge in [-0.15, -0.1) is 0 Å². The second kappa shape index (κ2) is 7.26. The summed E-state index contributed by atoms with van der Waals surface area (Å²) in [7, 11) is -2.99. The van der Waals surface area contributed by atoms with E-state index in [4.69, 9.17) is 0 Å². The van der Waals surface area contributed by atoms with Gasteiger partial charge in [0, 0.05) is 24.8 Å². The van der Waals surface area contributed by atoms with E-state index < -0.39 is 9.84 Å². The fourth-order valence-electron chi connectivity index (χ4n) is 4.26. The number of sulfone groups is 1. The Kier molecular flexibility index (Phi) is 5.28. The molecule has 3 rings (SSSR count). The Morgan fingerprint density at radius 2 is 1.71 bits per heavy atom. The van der Waals surface area contributed by atoms with E-state index in [2.05, 4.69) is 12.1 Å². The molecule has 1 aromatic carbocycles. The van der Waals surface area contributed by atoms with E-state index in [0.717, 1.165) is 32.1 Å². The van der Waals surface area contributed by atoms with E-state index in [1.54, 1.807) is 0 Å². The molecule has 2 saturated heterocycles. The number of carbonyl (C=O) groups is 1. The number of rotatable bonds is 6. The first-order valence-corrected chi connectivity index (χ1v) is 10.9. The fourth-order valence-corrected chi connectivity index (χ4v) is 5.41. The van der Waals surface area contributed by atoms with Crippen LogP contribution in [0, 0.1) is 0 Å². The molecule has 132 valence electrons. The summed E-state index contributed by atoms with van der Waals surface area (Å²) in [5.41, 5.74) is 1.32. The van der Waals surface area contributed by atoms with Gasteiger partial charge in [-0.05, 0) is 50.5 Å². The van der Waals surface area contributed by atoms with Gasteiger partial charge in [-0.1, -0.05) is 30.3 Å². The standard InChI is InChI=1S/C19H27NO3S/c1-24(22,23)18-13-16-11-12-17(14-18)20(16)19(21)10-6-5-9-15-7-3-2-4-8-15/h2-4,7-8,16-18H,5-6,9-14H2,1H3. The van der Waals surface area contributed by atoms with Crippen LogP contribution in [-0.4, -0.2) is 42.8 Å². The second-order valence-electron chi connectivity index (χ2n) is 7.30. The number of aryl methyl sites for hydroxylation is 1. The number of piperidine rings is 1. The van der Waals surface area contributed by atoms with Gasteiger partial charge in [0.15, 0.2) is 0 Å². The van der Waals surface area contributed by atoms with Crippen molar-refractivity contribution in [3.05, 3.63) is 35.9 Å². The van der Waals surface area contributed by atoms with Gasteiger partial charge < -0.3 is 4.90 Å². The van der Waals surface area contributed by atoms with Gasteiger partial charge in [0.1, 0.15) is 9.84 Å². The molecule has 2 bridgehead atoms. The van der Waals surface area contributed by atoms with Crippen LogP contribution >= 0.6 is 0 Å². The molecular weight excluding hydrogens is 322 g/mol. The highest BCUT2D eigenvalue weighted by Gasteiger charge is 2.45. The molecule has 24 heavy (non-hydrogen) atoms. The summed E-state index contributed by atoms with van der Waals surface area (Å²) >= 11 is 0.